The van der Waals surface area contributed by atoms with Crippen molar-refractivity contribution in [2.24, 2.45) is 0 Å². The van der Waals surface area contributed by atoms with E-state index in [0.717, 1.165) is 39.7 Å². The average Bonchev–Trinajstić information content (AvgIpc) is 3.22. The number of carbonyl (C=O) groups excluding carboxylic acids is 2. The number of thiocarbonyl (C=S) groups is 1. The number of alkyl halides is 3. The summed E-state index contributed by atoms with van der Waals surface area (Å²) in [6, 6.07) is 18.5. The maximum atomic E-state index is 13.4. The van der Waals surface area contributed by atoms with Crippen LogP contribution in [0, 0.1) is 13.8 Å². The number of aryl methyl sites for hydroxylation is 1. The molecule has 0 spiro atoms. The molecule has 6 nitrogen and oxygen atoms in total. The summed E-state index contributed by atoms with van der Waals surface area (Å²) in [5, 5.41) is 3.15. The quantitative estimate of drug-likeness (QED) is 0.132. The van der Waals surface area contributed by atoms with Crippen molar-refractivity contribution in [1.29, 1.82) is 0 Å². The Morgan fingerprint density at radius 3 is 2.35 bits per heavy atom. The van der Waals surface area contributed by atoms with E-state index in [9.17, 15) is 22.8 Å². The van der Waals surface area contributed by atoms with Gasteiger partial charge in [-0.1, -0.05) is 35.3 Å². The lowest BCUT2D eigenvalue weighted by Crippen LogP contribution is -2.54. The van der Waals surface area contributed by atoms with Gasteiger partial charge in [-0.15, -0.1) is 0 Å². The Labute approximate surface area is 260 Å². The van der Waals surface area contributed by atoms with Gasteiger partial charge in [0.15, 0.2) is 5.11 Å². The van der Waals surface area contributed by atoms with Crippen molar-refractivity contribution in [2.75, 3.05) is 4.90 Å². The van der Waals surface area contributed by atoms with Crippen LogP contribution in [0.25, 0.3) is 11.8 Å². The highest BCUT2D eigenvalue weighted by Crippen LogP contribution is 2.33. The Balaban J connectivity index is 1.40. The summed E-state index contributed by atoms with van der Waals surface area (Å²) < 4.78 is 47.7. The molecule has 1 saturated heterocycles. The molecule has 0 aliphatic carbocycles. The molecule has 1 N–H and O–H groups in total. The van der Waals surface area contributed by atoms with E-state index in [-0.39, 0.29) is 23.0 Å². The minimum absolute atomic E-state index is 0.109. The van der Waals surface area contributed by atoms with Gasteiger partial charge in [-0.2, -0.15) is 13.2 Å². The Morgan fingerprint density at radius 1 is 0.953 bits per heavy atom. The average molecular weight is 645 g/mol. The van der Waals surface area contributed by atoms with Crippen molar-refractivity contribution in [3.8, 4) is 11.4 Å². The zero-order valence-electron chi connectivity index (χ0n) is 22.6. The van der Waals surface area contributed by atoms with Gasteiger partial charge in [-0.05, 0) is 98.4 Å². The Bertz CT molecular complexity index is 1800. The third kappa shape index (κ3) is 6.31. The van der Waals surface area contributed by atoms with E-state index < -0.39 is 23.6 Å². The number of anilines is 1. The van der Waals surface area contributed by atoms with E-state index in [2.05, 4.69) is 5.32 Å². The fourth-order valence-electron chi connectivity index (χ4n) is 4.69. The highest BCUT2D eigenvalue weighted by atomic mass is 35.5. The van der Waals surface area contributed by atoms with Gasteiger partial charge in [0.2, 0.25) is 0 Å². The van der Waals surface area contributed by atoms with Crippen LogP contribution in [0.1, 0.15) is 28.1 Å². The van der Waals surface area contributed by atoms with Crippen LogP contribution < -0.4 is 15.0 Å². The third-order valence-corrected chi connectivity index (χ3v) is 7.68. The van der Waals surface area contributed by atoms with Crippen LogP contribution in [0.4, 0.5) is 18.9 Å². The molecule has 0 atom stereocenters. The van der Waals surface area contributed by atoms with Gasteiger partial charge in [0.05, 0.1) is 11.3 Å². The summed E-state index contributed by atoms with van der Waals surface area (Å²) >= 11 is 17.3. The maximum Gasteiger partial charge on any atom is 0.416 e. The zero-order valence-corrected chi connectivity index (χ0v) is 25.0. The van der Waals surface area contributed by atoms with E-state index in [4.69, 9.17) is 40.2 Å². The van der Waals surface area contributed by atoms with E-state index in [1.165, 1.54) is 18.2 Å². The molecule has 1 aliphatic rings. The second-order valence-electron chi connectivity index (χ2n) is 9.69. The van der Waals surface area contributed by atoms with Gasteiger partial charge in [0.25, 0.3) is 11.8 Å². The van der Waals surface area contributed by atoms with Gasteiger partial charge in [-0.3, -0.25) is 19.8 Å². The van der Waals surface area contributed by atoms with E-state index in [1.807, 2.05) is 42.7 Å². The van der Waals surface area contributed by atoms with Crippen LogP contribution in [-0.4, -0.2) is 21.5 Å². The molecular formula is C31H22Cl2F3N3O3S. The van der Waals surface area contributed by atoms with Crippen molar-refractivity contribution in [1.82, 2.24) is 9.88 Å². The number of nitrogens with zero attached hydrogens (tertiary/aromatic N) is 2. The molecular weight excluding hydrogens is 622 g/mol. The van der Waals surface area contributed by atoms with E-state index in [1.54, 1.807) is 24.3 Å². The lowest BCUT2D eigenvalue weighted by molar-refractivity contribution is -0.137. The van der Waals surface area contributed by atoms with Crippen LogP contribution >= 0.6 is 35.4 Å². The van der Waals surface area contributed by atoms with Gasteiger partial charge >= 0.3 is 6.18 Å². The molecule has 1 aromatic heterocycles. The minimum atomic E-state index is -4.62. The maximum absolute atomic E-state index is 13.4. The molecule has 0 bridgehead atoms. The second kappa shape index (κ2) is 11.9. The summed E-state index contributed by atoms with van der Waals surface area (Å²) in [6.45, 7) is 3.95. The first kappa shape index (κ1) is 30.3. The number of amides is 2. The summed E-state index contributed by atoms with van der Waals surface area (Å²) in [7, 11) is 0. The minimum Gasteiger partial charge on any atom is -0.489 e. The number of halogens is 5. The van der Waals surface area contributed by atoms with Crippen molar-refractivity contribution >= 4 is 64.1 Å². The molecule has 12 heteroatoms. The smallest absolute Gasteiger partial charge is 0.416 e. The predicted octanol–water partition coefficient (Wildman–Crippen LogP) is 7.83. The van der Waals surface area contributed by atoms with Crippen molar-refractivity contribution in [3.63, 3.8) is 0 Å². The van der Waals surface area contributed by atoms with Crippen LogP contribution in [-0.2, 0) is 22.4 Å². The summed E-state index contributed by atoms with van der Waals surface area (Å²) in [4.78, 5) is 27.1. The number of rotatable bonds is 6. The molecule has 220 valence electrons. The Morgan fingerprint density at radius 2 is 1.67 bits per heavy atom. The van der Waals surface area contributed by atoms with Crippen LogP contribution in [0.5, 0.6) is 5.75 Å². The predicted molar refractivity (Wildman–Crippen MR) is 164 cm³/mol. The van der Waals surface area contributed by atoms with Crippen LogP contribution in [0.15, 0.2) is 78.4 Å². The number of carbonyl (C=O) groups is 2. The van der Waals surface area contributed by atoms with Gasteiger partial charge in [0.1, 0.15) is 17.9 Å². The van der Waals surface area contributed by atoms with E-state index >= 15 is 0 Å². The number of nitrogens with one attached hydrogen (secondary N) is 1. The Hall–Kier alpha value is -4.12. The fourth-order valence-corrected chi connectivity index (χ4v) is 5.44. The molecule has 2 amide bonds. The first-order valence-electron chi connectivity index (χ1n) is 12.8. The van der Waals surface area contributed by atoms with Crippen LogP contribution in [0.2, 0.25) is 10.0 Å². The number of aromatic nitrogens is 1. The van der Waals surface area contributed by atoms with E-state index in [0.29, 0.717) is 21.4 Å². The number of hydrogen-bond donors (Lipinski definition) is 1. The topological polar surface area (TPSA) is 63.6 Å². The van der Waals surface area contributed by atoms with Crippen molar-refractivity contribution in [3.05, 3.63) is 116 Å². The largest absolute Gasteiger partial charge is 0.489 e. The molecule has 2 heterocycles. The van der Waals surface area contributed by atoms with Crippen molar-refractivity contribution < 1.29 is 27.5 Å². The molecule has 0 saturated carbocycles. The molecule has 1 fully saturated rings. The molecule has 0 unspecified atom stereocenters. The number of benzene rings is 3. The first-order chi connectivity index (χ1) is 20.3. The molecule has 5 rings (SSSR count). The molecule has 1 aliphatic heterocycles. The standard InChI is InChI=1S/C31H22Cl2F3N3O3S/c1-17-12-20(13-26-28(40)37-30(43)39(29(26)41)24-5-3-4-21(14-24)31(34,35)36)18(2)38(17)23-8-10-25(11-9-23)42-16-19-6-7-22(32)15-27(19)33/h3-15H,16H2,1-2H3,(H,37,40,43)/b26-13+. The lowest BCUT2D eigenvalue weighted by Gasteiger charge is -2.29. The molecule has 3 aromatic carbocycles. The summed E-state index contributed by atoms with van der Waals surface area (Å²) in [5.41, 5.74) is 2.40. The fraction of sp³-hybridized carbons (Fsp3) is 0.129. The summed E-state index contributed by atoms with van der Waals surface area (Å²) in [6.07, 6.45) is -3.21. The Kier molecular flexibility index (Phi) is 8.38. The number of hydrogen-bond acceptors (Lipinski definition) is 4. The third-order valence-electron chi connectivity index (χ3n) is 6.81. The summed E-state index contributed by atoms with van der Waals surface area (Å²) in [5.74, 6) is -0.958. The normalized spacial score (nSPS) is 14.8. The molecule has 4 aromatic rings. The van der Waals surface area contributed by atoms with Crippen LogP contribution in [0.3, 0.4) is 0 Å². The molecule has 0 radical (unpaired) electrons. The van der Waals surface area contributed by atoms with Gasteiger partial charge < -0.3 is 9.30 Å². The highest BCUT2D eigenvalue weighted by Gasteiger charge is 2.37. The monoisotopic (exact) mass is 643 g/mol. The SMILES string of the molecule is Cc1cc(/C=C2\C(=O)NC(=S)N(c3cccc(C(F)(F)F)c3)C2=O)c(C)n1-c1ccc(OCc2ccc(Cl)cc2Cl)cc1. The number of ether oxygens (including phenoxy) is 1. The molecule has 43 heavy (non-hydrogen) atoms. The van der Waals surface area contributed by atoms with Gasteiger partial charge in [0, 0.05) is 32.7 Å². The zero-order chi connectivity index (χ0) is 31.1. The lowest BCUT2D eigenvalue weighted by atomic mass is 10.1. The second-order valence-corrected chi connectivity index (χ2v) is 10.9. The van der Waals surface area contributed by atoms with Crippen molar-refractivity contribution in [2.45, 2.75) is 26.6 Å². The highest BCUT2D eigenvalue weighted by molar-refractivity contribution is 7.80. The first-order valence-corrected chi connectivity index (χ1v) is 13.9. The van der Waals surface area contributed by atoms with Gasteiger partial charge in [-0.25, -0.2) is 0 Å².